The molecule has 0 fully saturated rings. The van der Waals surface area contributed by atoms with E-state index in [9.17, 15) is 9.90 Å². The van der Waals surface area contributed by atoms with Gasteiger partial charge in [-0.15, -0.1) is 0 Å². The summed E-state index contributed by atoms with van der Waals surface area (Å²) >= 11 is 0. The average Bonchev–Trinajstić information content (AvgIpc) is 2.70. The van der Waals surface area contributed by atoms with Gasteiger partial charge >= 0.3 is 0 Å². The van der Waals surface area contributed by atoms with E-state index < -0.39 is 6.10 Å². The molecule has 1 unspecified atom stereocenters. The van der Waals surface area contributed by atoms with E-state index >= 15 is 0 Å². The van der Waals surface area contributed by atoms with Crippen molar-refractivity contribution in [2.75, 3.05) is 13.2 Å². The predicted octanol–water partition coefficient (Wildman–Crippen LogP) is 1.18. The largest absolute Gasteiger partial charge is 0.483 e. The van der Waals surface area contributed by atoms with Crippen LogP contribution in [0.2, 0.25) is 0 Å². The highest BCUT2D eigenvalue weighted by Gasteiger charge is 2.23. The molecule has 1 aliphatic carbocycles. The van der Waals surface area contributed by atoms with E-state index in [-0.39, 0.29) is 12.5 Å². The van der Waals surface area contributed by atoms with Crippen LogP contribution < -0.4 is 10.1 Å². The van der Waals surface area contributed by atoms with Gasteiger partial charge in [0.1, 0.15) is 5.75 Å². The molecule has 92 valence electrons. The molecule has 4 heteroatoms. The first-order chi connectivity index (χ1) is 8.22. The summed E-state index contributed by atoms with van der Waals surface area (Å²) in [6.45, 7) is 2.50. The highest BCUT2D eigenvalue weighted by molar-refractivity contribution is 5.77. The molecule has 0 aliphatic heterocycles. The van der Waals surface area contributed by atoms with Gasteiger partial charge in [-0.1, -0.05) is 12.1 Å². The van der Waals surface area contributed by atoms with Crippen LogP contribution in [0.5, 0.6) is 5.75 Å². The van der Waals surface area contributed by atoms with E-state index in [1.807, 2.05) is 25.1 Å². The summed E-state index contributed by atoms with van der Waals surface area (Å²) in [7, 11) is 0. The Morgan fingerprint density at radius 2 is 2.41 bits per heavy atom. The van der Waals surface area contributed by atoms with Crippen LogP contribution in [0.1, 0.15) is 30.6 Å². The highest BCUT2D eigenvalue weighted by Crippen LogP contribution is 2.36. The van der Waals surface area contributed by atoms with Gasteiger partial charge in [-0.05, 0) is 31.4 Å². The first kappa shape index (κ1) is 11.9. The lowest BCUT2D eigenvalue weighted by Crippen LogP contribution is -2.28. The molecule has 17 heavy (non-hydrogen) atoms. The quantitative estimate of drug-likeness (QED) is 0.824. The van der Waals surface area contributed by atoms with E-state index in [1.54, 1.807) is 0 Å². The monoisotopic (exact) mass is 235 g/mol. The molecule has 0 aromatic heterocycles. The second-order valence-corrected chi connectivity index (χ2v) is 4.12. The summed E-state index contributed by atoms with van der Waals surface area (Å²) in [5, 5.41) is 12.4. The number of fused-ring (bicyclic) bond motifs is 1. The van der Waals surface area contributed by atoms with Gasteiger partial charge < -0.3 is 15.2 Å². The van der Waals surface area contributed by atoms with Gasteiger partial charge in [-0.2, -0.15) is 0 Å². The Hall–Kier alpha value is -1.55. The Labute approximate surface area is 101 Å². The van der Waals surface area contributed by atoms with Crippen LogP contribution in [-0.2, 0) is 11.2 Å². The molecule has 4 nitrogen and oxygen atoms in total. The van der Waals surface area contributed by atoms with Gasteiger partial charge in [0.25, 0.3) is 5.91 Å². The fourth-order valence-electron chi connectivity index (χ4n) is 2.13. The van der Waals surface area contributed by atoms with Crippen LogP contribution in [-0.4, -0.2) is 24.2 Å². The van der Waals surface area contributed by atoms with Crippen molar-refractivity contribution in [1.82, 2.24) is 5.32 Å². The number of nitrogens with one attached hydrogen (secondary N) is 1. The molecular formula is C13H17NO3. The Morgan fingerprint density at radius 3 is 3.18 bits per heavy atom. The van der Waals surface area contributed by atoms with Crippen molar-refractivity contribution in [2.45, 2.75) is 25.9 Å². The molecular weight excluding hydrogens is 218 g/mol. The molecule has 1 aromatic rings. The summed E-state index contributed by atoms with van der Waals surface area (Å²) in [5.41, 5.74) is 1.96. The van der Waals surface area contributed by atoms with Crippen LogP contribution in [0.3, 0.4) is 0 Å². The van der Waals surface area contributed by atoms with Gasteiger partial charge in [0.05, 0.1) is 6.10 Å². The Balaban J connectivity index is 2.05. The third-order valence-electron chi connectivity index (χ3n) is 2.93. The molecule has 1 aromatic carbocycles. The molecule has 0 radical (unpaired) electrons. The molecule has 0 heterocycles. The first-order valence-electron chi connectivity index (χ1n) is 5.91. The van der Waals surface area contributed by atoms with Gasteiger partial charge in [0.2, 0.25) is 0 Å². The summed E-state index contributed by atoms with van der Waals surface area (Å²) in [6.07, 6.45) is 1.15. The molecule has 0 saturated carbocycles. The zero-order valence-corrected chi connectivity index (χ0v) is 9.90. The number of likely N-dealkylation sites (N-methyl/N-ethyl adjacent to an activating group) is 1. The standard InChI is InChI=1S/C13H17NO3/c1-2-14-13(16)8-17-12-5-3-4-9-10(12)6-7-11(9)15/h3-5,11,15H,2,6-8H2,1H3,(H,14,16). The topological polar surface area (TPSA) is 58.6 Å². The molecule has 0 saturated heterocycles. The normalized spacial score (nSPS) is 17.6. The van der Waals surface area contributed by atoms with Crippen molar-refractivity contribution >= 4 is 5.91 Å². The van der Waals surface area contributed by atoms with Crippen molar-refractivity contribution < 1.29 is 14.6 Å². The SMILES string of the molecule is CCNC(=O)COc1cccc2c1CCC2O. The lowest BCUT2D eigenvalue weighted by Gasteiger charge is -2.11. The number of ether oxygens (including phenoxy) is 1. The third kappa shape index (κ3) is 2.58. The maximum absolute atomic E-state index is 11.3. The fourth-order valence-corrected chi connectivity index (χ4v) is 2.13. The lowest BCUT2D eigenvalue weighted by atomic mass is 10.1. The second kappa shape index (κ2) is 5.19. The smallest absolute Gasteiger partial charge is 0.257 e. The van der Waals surface area contributed by atoms with Crippen molar-refractivity contribution in [2.24, 2.45) is 0 Å². The molecule has 2 rings (SSSR count). The minimum Gasteiger partial charge on any atom is -0.483 e. The van der Waals surface area contributed by atoms with Crippen LogP contribution >= 0.6 is 0 Å². The predicted molar refractivity (Wildman–Crippen MR) is 63.9 cm³/mol. The number of hydrogen-bond acceptors (Lipinski definition) is 3. The van der Waals surface area contributed by atoms with E-state index in [0.717, 1.165) is 24.0 Å². The van der Waals surface area contributed by atoms with Gasteiger partial charge in [-0.25, -0.2) is 0 Å². The highest BCUT2D eigenvalue weighted by atomic mass is 16.5. The third-order valence-corrected chi connectivity index (χ3v) is 2.93. The molecule has 0 bridgehead atoms. The van der Waals surface area contributed by atoms with E-state index in [1.165, 1.54) is 0 Å². The maximum Gasteiger partial charge on any atom is 0.257 e. The second-order valence-electron chi connectivity index (χ2n) is 4.12. The average molecular weight is 235 g/mol. The molecule has 1 atom stereocenters. The van der Waals surface area contributed by atoms with Crippen molar-refractivity contribution in [3.8, 4) is 5.75 Å². The zero-order chi connectivity index (χ0) is 12.3. The fraction of sp³-hybridized carbons (Fsp3) is 0.462. The summed E-state index contributed by atoms with van der Waals surface area (Å²) in [6, 6.07) is 5.60. The van der Waals surface area contributed by atoms with E-state index in [4.69, 9.17) is 4.74 Å². The van der Waals surface area contributed by atoms with Gasteiger partial charge in [0.15, 0.2) is 6.61 Å². The van der Waals surface area contributed by atoms with Crippen molar-refractivity contribution in [3.05, 3.63) is 29.3 Å². The van der Waals surface area contributed by atoms with Gasteiger partial charge in [0, 0.05) is 12.1 Å². The number of amides is 1. The van der Waals surface area contributed by atoms with E-state index in [2.05, 4.69) is 5.32 Å². The summed E-state index contributed by atoms with van der Waals surface area (Å²) in [5.74, 6) is 0.592. The van der Waals surface area contributed by atoms with Crippen molar-refractivity contribution in [1.29, 1.82) is 0 Å². The van der Waals surface area contributed by atoms with Crippen LogP contribution in [0.15, 0.2) is 18.2 Å². The van der Waals surface area contributed by atoms with Crippen molar-refractivity contribution in [3.63, 3.8) is 0 Å². The Kier molecular flexibility index (Phi) is 3.64. The molecule has 0 spiro atoms. The number of aliphatic hydroxyl groups excluding tert-OH is 1. The van der Waals surface area contributed by atoms with Gasteiger partial charge in [-0.3, -0.25) is 4.79 Å². The zero-order valence-electron chi connectivity index (χ0n) is 9.90. The number of carbonyl (C=O) groups is 1. The van der Waals surface area contributed by atoms with Crippen LogP contribution in [0.4, 0.5) is 0 Å². The van der Waals surface area contributed by atoms with Crippen LogP contribution in [0.25, 0.3) is 0 Å². The number of aliphatic hydroxyl groups is 1. The number of carbonyl (C=O) groups excluding carboxylic acids is 1. The number of rotatable bonds is 4. The van der Waals surface area contributed by atoms with Crippen LogP contribution in [0, 0.1) is 0 Å². The summed E-state index contributed by atoms with van der Waals surface area (Å²) < 4.78 is 5.49. The summed E-state index contributed by atoms with van der Waals surface area (Å²) in [4.78, 5) is 11.3. The Bertz CT molecular complexity index is 417. The minimum atomic E-state index is -0.391. The Morgan fingerprint density at radius 1 is 1.59 bits per heavy atom. The molecule has 2 N–H and O–H groups in total. The molecule has 1 aliphatic rings. The molecule has 1 amide bonds. The number of hydrogen-bond donors (Lipinski definition) is 2. The minimum absolute atomic E-state index is 0.0282. The first-order valence-corrected chi connectivity index (χ1v) is 5.91. The number of benzene rings is 1. The maximum atomic E-state index is 11.3. The van der Waals surface area contributed by atoms with E-state index in [0.29, 0.717) is 12.3 Å². The lowest BCUT2D eigenvalue weighted by molar-refractivity contribution is -0.122.